The van der Waals surface area contributed by atoms with Crippen LogP contribution in [-0.4, -0.2) is 36.4 Å². The van der Waals surface area contributed by atoms with E-state index in [0.29, 0.717) is 22.2 Å². The molecule has 132 valence electrons. The fraction of sp³-hybridized carbons (Fsp3) is 0.833. The lowest BCUT2D eigenvalue weighted by Crippen LogP contribution is -2.40. The van der Waals surface area contributed by atoms with Crippen LogP contribution in [-0.2, 0) is 14.3 Å². The summed E-state index contributed by atoms with van der Waals surface area (Å²) in [5, 5.41) is 0. The molecule has 1 heterocycles. The second-order valence-corrected chi connectivity index (χ2v) is 7.90. The molecule has 0 bridgehead atoms. The van der Waals surface area contributed by atoms with Crippen LogP contribution in [0.4, 0.5) is 0 Å². The lowest BCUT2D eigenvalue weighted by molar-refractivity contribution is -0.184. The Bertz CT molecular complexity index is 459. The minimum atomic E-state index is -0.576. The second kappa shape index (κ2) is 8.02. The van der Waals surface area contributed by atoms with E-state index in [1.807, 2.05) is 0 Å². The monoisotopic (exact) mass is 387 g/mol. The molecule has 0 N–H and O–H groups in total. The topological polar surface area (TPSA) is 38.8 Å². The Balaban J connectivity index is 2.18. The first-order valence-electron chi connectivity index (χ1n) is 8.89. The molecule has 23 heavy (non-hydrogen) atoms. The van der Waals surface area contributed by atoms with Gasteiger partial charge in [0.25, 0.3) is 0 Å². The lowest BCUT2D eigenvalue weighted by Gasteiger charge is -2.39. The van der Waals surface area contributed by atoms with E-state index in [9.17, 15) is 4.79 Å². The number of esters is 1. The van der Waals surface area contributed by atoms with Gasteiger partial charge in [0.1, 0.15) is 10.2 Å². The van der Waals surface area contributed by atoms with Crippen molar-refractivity contribution in [2.45, 2.75) is 66.3 Å². The maximum atomic E-state index is 12.0. The van der Waals surface area contributed by atoms with Crippen molar-refractivity contribution in [2.24, 2.45) is 17.8 Å². The van der Waals surface area contributed by atoms with Crippen LogP contribution in [0.25, 0.3) is 0 Å². The van der Waals surface area contributed by atoms with E-state index in [1.54, 1.807) is 0 Å². The highest BCUT2D eigenvalue weighted by Crippen LogP contribution is 2.39. The molecule has 0 saturated heterocycles. The van der Waals surface area contributed by atoms with Gasteiger partial charge in [0, 0.05) is 13.1 Å². The zero-order valence-corrected chi connectivity index (χ0v) is 16.6. The third kappa shape index (κ3) is 4.11. The van der Waals surface area contributed by atoms with E-state index in [4.69, 9.17) is 9.47 Å². The van der Waals surface area contributed by atoms with E-state index < -0.39 is 6.29 Å². The summed E-state index contributed by atoms with van der Waals surface area (Å²) in [5.74, 6) is 1.45. The first kappa shape index (κ1) is 18.8. The first-order valence-corrected chi connectivity index (χ1v) is 9.69. The molecule has 0 aromatic rings. The number of hydrogen-bond acceptors (Lipinski definition) is 4. The average molecular weight is 388 g/mol. The van der Waals surface area contributed by atoms with Gasteiger partial charge in [0.15, 0.2) is 0 Å². The Morgan fingerprint density at radius 2 is 1.96 bits per heavy atom. The normalized spacial score (nSPS) is 31.7. The van der Waals surface area contributed by atoms with Gasteiger partial charge in [0.2, 0.25) is 6.29 Å². The molecule has 1 fully saturated rings. The van der Waals surface area contributed by atoms with E-state index in [-0.39, 0.29) is 12.1 Å². The Kier molecular flexibility index (Phi) is 6.55. The van der Waals surface area contributed by atoms with Crippen LogP contribution in [0.1, 0.15) is 53.9 Å². The van der Waals surface area contributed by atoms with Crippen LogP contribution in [0.2, 0.25) is 0 Å². The van der Waals surface area contributed by atoms with Gasteiger partial charge in [-0.3, -0.25) is 0 Å². The van der Waals surface area contributed by atoms with Gasteiger partial charge in [-0.25, -0.2) is 4.79 Å². The standard InChI is InChI=1S/C18H30BrNO3/c1-6-20(7-2)16-15(19)17(21)23-18(16)22-14-10-12(5)8-9-13(14)11(3)4/h11-14,18H,6-10H2,1-5H3/t12-,13+,14-,18+/m1/s1. The van der Waals surface area contributed by atoms with Crippen molar-refractivity contribution in [2.75, 3.05) is 13.1 Å². The fourth-order valence-corrected chi connectivity index (χ4v) is 4.32. The maximum Gasteiger partial charge on any atom is 0.349 e. The minimum absolute atomic E-state index is 0.153. The van der Waals surface area contributed by atoms with Crippen molar-refractivity contribution in [3.8, 4) is 0 Å². The van der Waals surface area contributed by atoms with Crippen molar-refractivity contribution in [1.29, 1.82) is 0 Å². The number of rotatable bonds is 6. The Morgan fingerprint density at radius 3 is 2.52 bits per heavy atom. The molecule has 1 saturated carbocycles. The van der Waals surface area contributed by atoms with Crippen molar-refractivity contribution in [3.05, 3.63) is 10.2 Å². The Labute approximate surface area is 148 Å². The summed E-state index contributed by atoms with van der Waals surface area (Å²) < 4.78 is 12.4. The van der Waals surface area contributed by atoms with Crippen LogP contribution in [0.3, 0.4) is 0 Å². The molecule has 1 aliphatic carbocycles. The zero-order valence-electron chi connectivity index (χ0n) is 15.0. The van der Waals surface area contributed by atoms with Gasteiger partial charge in [0.05, 0.1) is 6.10 Å². The highest BCUT2D eigenvalue weighted by Gasteiger charge is 2.41. The Hall–Kier alpha value is -0.550. The molecule has 0 aromatic heterocycles. The van der Waals surface area contributed by atoms with Crippen LogP contribution in [0.15, 0.2) is 10.2 Å². The van der Waals surface area contributed by atoms with E-state index in [0.717, 1.165) is 25.2 Å². The van der Waals surface area contributed by atoms with E-state index >= 15 is 0 Å². The number of hydrogen-bond donors (Lipinski definition) is 0. The number of carbonyl (C=O) groups is 1. The molecular weight excluding hydrogens is 358 g/mol. The molecular formula is C18H30BrNO3. The minimum Gasteiger partial charge on any atom is -0.426 e. The third-order valence-electron chi connectivity index (χ3n) is 5.21. The summed E-state index contributed by atoms with van der Waals surface area (Å²) in [4.78, 5) is 14.2. The average Bonchev–Trinajstić information content (AvgIpc) is 2.76. The summed E-state index contributed by atoms with van der Waals surface area (Å²) in [6.07, 6.45) is 3.07. The van der Waals surface area contributed by atoms with Crippen LogP contribution in [0, 0.1) is 17.8 Å². The van der Waals surface area contributed by atoms with E-state index in [2.05, 4.69) is 55.4 Å². The molecule has 1 aliphatic heterocycles. The third-order valence-corrected chi connectivity index (χ3v) is 5.94. The lowest BCUT2D eigenvalue weighted by atomic mass is 9.75. The summed E-state index contributed by atoms with van der Waals surface area (Å²) in [5.41, 5.74) is 0.848. The molecule has 4 nitrogen and oxygen atoms in total. The number of nitrogens with zero attached hydrogens (tertiary/aromatic N) is 1. The number of likely N-dealkylation sites (N-methyl/N-ethyl adjacent to an activating group) is 1. The van der Waals surface area contributed by atoms with Crippen molar-refractivity contribution < 1.29 is 14.3 Å². The summed E-state index contributed by atoms with van der Waals surface area (Å²) in [7, 11) is 0. The van der Waals surface area contributed by atoms with Gasteiger partial charge in [-0.15, -0.1) is 0 Å². The fourth-order valence-electron chi connectivity index (χ4n) is 3.79. The Morgan fingerprint density at radius 1 is 1.30 bits per heavy atom. The second-order valence-electron chi connectivity index (χ2n) is 7.11. The quantitative estimate of drug-likeness (QED) is 0.637. The SMILES string of the molecule is CCN(CC)C1=C(Br)C(=O)O[C@@H]1O[C@@H]1C[C@H](C)CC[C@H]1C(C)C. The summed E-state index contributed by atoms with van der Waals surface area (Å²) in [6.45, 7) is 12.6. The van der Waals surface area contributed by atoms with Crippen molar-refractivity contribution >= 4 is 21.9 Å². The molecule has 5 heteroatoms. The molecule has 2 aliphatic rings. The van der Waals surface area contributed by atoms with E-state index in [1.165, 1.54) is 12.8 Å². The van der Waals surface area contributed by atoms with Gasteiger partial charge < -0.3 is 14.4 Å². The summed E-state index contributed by atoms with van der Waals surface area (Å²) in [6, 6.07) is 0. The number of carbonyl (C=O) groups excluding carboxylic acids is 1. The van der Waals surface area contributed by atoms with Crippen LogP contribution >= 0.6 is 15.9 Å². The molecule has 0 radical (unpaired) electrons. The first-order chi connectivity index (χ1) is 10.9. The van der Waals surface area contributed by atoms with Crippen LogP contribution < -0.4 is 0 Å². The van der Waals surface area contributed by atoms with Gasteiger partial charge in [-0.1, -0.05) is 27.2 Å². The van der Waals surface area contributed by atoms with Gasteiger partial charge in [-0.2, -0.15) is 0 Å². The predicted octanol–water partition coefficient (Wildman–Crippen LogP) is 4.30. The maximum absolute atomic E-state index is 12.0. The number of halogens is 1. The summed E-state index contributed by atoms with van der Waals surface area (Å²) >= 11 is 3.40. The van der Waals surface area contributed by atoms with Crippen molar-refractivity contribution in [3.63, 3.8) is 0 Å². The predicted molar refractivity (Wildman–Crippen MR) is 95.0 cm³/mol. The van der Waals surface area contributed by atoms with Crippen molar-refractivity contribution in [1.82, 2.24) is 4.90 Å². The van der Waals surface area contributed by atoms with Gasteiger partial charge >= 0.3 is 5.97 Å². The molecule has 0 spiro atoms. The number of ether oxygens (including phenoxy) is 2. The smallest absolute Gasteiger partial charge is 0.349 e. The molecule has 0 unspecified atom stereocenters. The molecule has 0 amide bonds. The highest BCUT2D eigenvalue weighted by atomic mass is 79.9. The molecule has 4 atom stereocenters. The highest BCUT2D eigenvalue weighted by molar-refractivity contribution is 9.12. The van der Waals surface area contributed by atoms with Crippen LogP contribution in [0.5, 0.6) is 0 Å². The molecule has 2 rings (SSSR count). The number of cyclic esters (lactones) is 1. The van der Waals surface area contributed by atoms with Gasteiger partial charge in [-0.05, 0) is 60.4 Å². The molecule has 0 aromatic carbocycles. The zero-order chi connectivity index (χ0) is 17.1. The largest absolute Gasteiger partial charge is 0.426 e.